The minimum absolute atomic E-state index is 0.0389. The summed E-state index contributed by atoms with van der Waals surface area (Å²) in [5.41, 5.74) is 1.42. The molecule has 1 aromatic heterocycles. The van der Waals surface area contributed by atoms with Crippen molar-refractivity contribution in [2.45, 2.75) is 46.0 Å². The number of thiophene rings is 1. The third kappa shape index (κ3) is 3.14. The van der Waals surface area contributed by atoms with Gasteiger partial charge in [-0.15, -0.1) is 22.9 Å². The lowest BCUT2D eigenvalue weighted by molar-refractivity contribution is 0.0936. The molecule has 1 aromatic rings. The Hall–Kier alpha value is -0.540. The van der Waals surface area contributed by atoms with Crippen molar-refractivity contribution in [3.63, 3.8) is 0 Å². The Morgan fingerprint density at radius 1 is 1.42 bits per heavy atom. The summed E-state index contributed by atoms with van der Waals surface area (Å²) < 4.78 is 0. The van der Waals surface area contributed by atoms with E-state index in [9.17, 15) is 4.79 Å². The van der Waals surface area contributed by atoms with Crippen molar-refractivity contribution in [2.75, 3.05) is 12.4 Å². The molecule has 0 aliphatic heterocycles. The molecule has 1 N–H and O–H groups in total. The van der Waals surface area contributed by atoms with Crippen LogP contribution < -0.4 is 5.32 Å². The number of carbonyl (C=O) groups excluding carboxylic acids is 1. The summed E-state index contributed by atoms with van der Waals surface area (Å²) in [5.74, 6) is 0.664. The average Bonchev–Trinajstić information content (AvgIpc) is 3.01. The van der Waals surface area contributed by atoms with Gasteiger partial charge in [0.15, 0.2) is 0 Å². The smallest absolute Gasteiger partial charge is 0.261 e. The number of fused-ring (bicyclic) bond motifs is 1. The zero-order chi connectivity index (χ0) is 13.9. The van der Waals surface area contributed by atoms with Crippen LogP contribution in [0, 0.1) is 5.41 Å². The molecule has 4 heteroatoms. The molecule has 1 aliphatic rings. The van der Waals surface area contributed by atoms with Crippen LogP contribution >= 0.6 is 22.9 Å². The van der Waals surface area contributed by atoms with Gasteiger partial charge in [0.05, 0.1) is 4.88 Å². The van der Waals surface area contributed by atoms with Gasteiger partial charge >= 0.3 is 0 Å². The summed E-state index contributed by atoms with van der Waals surface area (Å²) in [5, 5.41) is 3.07. The molecule has 1 aliphatic carbocycles. The summed E-state index contributed by atoms with van der Waals surface area (Å²) in [7, 11) is 0. The van der Waals surface area contributed by atoms with E-state index in [1.807, 2.05) is 0 Å². The fraction of sp³-hybridized carbons (Fsp3) is 0.667. The van der Waals surface area contributed by atoms with Gasteiger partial charge in [-0.25, -0.2) is 0 Å². The molecule has 0 fully saturated rings. The summed E-state index contributed by atoms with van der Waals surface area (Å²) in [6, 6.07) is 2.07. The van der Waals surface area contributed by atoms with Crippen molar-refractivity contribution in [3.8, 4) is 0 Å². The highest BCUT2D eigenvalue weighted by atomic mass is 35.5. The lowest BCUT2D eigenvalue weighted by atomic mass is 9.84. The van der Waals surface area contributed by atoms with Gasteiger partial charge in [0.2, 0.25) is 0 Å². The quantitative estimate of drug-likeness (QED) is 0.790. The molecule has 0 spiro atoms. The topological polar surface area (TPSA) is 29.1 Å². The molecule has 0 bridgehead atoms. The van der Waals surface area contributed by atoms with Gasteiger partial charge in [0.25, 0.3) is 5.91 Å². The molecule has 1 heterocycles. The minimum Gasteiger partial charge on any atom is -0.351 e. The molecule has 0 saturated heterocycles. The maximum Gasteiger partial charge on any atom is 0.261 e. The third-order valence-electron chi connectivity index (χ3n) is 4.38. The van der Waals surface area contributed by atoms with Crippen LogP contribution in [0.4, 0.5) is 0 Å². The van der Waals surface area contributed by atoms with Crippen LogP contribution in [0.2, 0.25) is 0 Å². The molecule has 0 atom stereocenters. The SMILES string of the molecule is CCC(CC)(CCl)CNC(=O)c1cc2c(s1)CCC2. The number of aryl methyl sites for hydroxylation is 2. The molecule has 0 aromatic carbocycles. The average molecular weight is 300 g/mol. The van der Waals surface area contributed by atoms with E-state index >= 15 is 0 Å². The highest BCUT2D eigenvalue weighted by molar-refractivity contribution is 7.14. The molecule has 19 heavy (non-hydrogen) atoms. The number of nitrogens with one attached hydrogen (secondary N) is 1. The van der Waals surface area contributed by atoms with Gasteiger partial charge in [-0.3, -0.25) is 4.79 Å². The molecular formula is C15H22ClNOS. The van der Waals surface area contributed by atoms with Gasteiger partial charge < -0.3 is 5.32 Å². The molecular weight excluding hydrogens is 278 g/mol. The van der Waals surface area contributed by atoms with E-state index in [-0.39, 0.29) is 11.3 Å². The van der Waals surface area contributed by atoms with E-state index in [0.717, 1.165) is 30.6 Å². The monoisotopic (exact) mass is 299 g/mol. The van der Waals surface area contributed by atoms with E-state index in [1.54, 1.807) is 11.3 Å². The van der Waals surface area contributed by atoms with Crippen molar-refractivity contribution >= 4 is 28.8 Å². The maximum atomic E-state index is 12.2. The van der Waals surface area contributed by atoms with E-state index in [2.05, 4.69) is 25.2 Å². The molecule has 2 rings (SSSR count). The summed E-state index contributed by atoms with van der Waals surface area (Å²) >= 11 is 7.72. The van der Waals surface area contributed by atoms with Crippen molar-refractivity contribution in [3.05, 3.63) is 21.4 Å². The molecule has 1 amide bonds. The Bertz CT molecular complexity index is 421. The standard InChI is InChI=1S/C15H22ClNOS/c1-3-15(4-2,9-16)10-17-14(18)13-8-11-6-5-7-12(11)19-13/h8H,3-7,9-10H2,1-2H3,(H,17,18). The van der Waals surface area contributed by atoms with Gasteiger partial charge in [-0.2, -0.15) is 0 Å². The predicted octanol–water partition coefficient (Wildman–Crippen LogP) is 4.01. The highest BCUT2D eigenvalue weighted by Crippen LogP contribution is 2.31. The Morgan fingerprint density at radius 2 is 2.16 bits per heavy atom. The largest absolute Gasteiger partial charge is 0.351 e. The fourth-order valence-electron chi connectivity index (χ4n) is 2.53. The highest BCUT2D eigenvalue weighted by Gasteiger charge is 2.26. The first kappa shape index (κ1) is 14.9. The van der Waals surface area contributed by atoms with E-state index < -0.39 is 0 Å². The Labute approximate surface area is 124 Å². The Kier molecular flexibility index (Phi) is 4.91. The number of hydrogen-bond donors (Lipinski definition) is 1. The number of halogens is 1. The van der Waals surface area contributed by atoms with E-state index in [1.165, 1.54) is 16.9 Å². The van der Waals surface area contributed by atoms with Crippen LogP contribution in [-0.4, -0.2) is 18.3 Å². The Morgan fingerprint density at radius 3 is 2.74 bits per heavy atom. The molecule has 2 nitrogen and oxygen atoms in total. The van der Waals surface area contributed by atoms with Crippen molar-refractivity contribution in [1.29, 1.82) is 0 Å². The summed E-state index contributed by atoms with van der Waals surface area (Å²) in [6.45, 7) is 4.94. The number of amides is 1. The van der Waals surface area contributed by atoms with Gasteiger partial charge in [0, 0.05) is 22.7 Å². The van der Waals surface area contributed by atoms with E-state index in [0.29, 0.717) is 12.4 Å². The van der Waals surface area contributed by atoms with Crippen LogP contribution in [0.25, 0.3) is 0 Å². The number of hydrogen-bond acceptors (Lipinski definition) is 2. The van der Waals surface area contributed by atoms with Gasteiger partial charge in [-0.1, -0.05) is 13.8 Å². The van der Waals surface area contributed by atoms with Crippen LogP contribution in [0.1, 0.15) is 53.2 Å². The lowest BCUT2D eigenvalue weighted by Crippen LogP contribution is -2.38. The predicted molar refractivity (Wildman–Crippen MR) is 82.4 cm³/mol. The first-order chi connectivity index (χ1) is 9.14. The normalized spacial score (nSPS) is 14.5. The van der Waals surface area contributed by atoms with Crippen LogP contribution in [0.5, 0.6) is 0 Å². The first-order valence-corrected chi connectivity index (χ1v) is 8.45. The number of alkyl halides is 1. The lowest BCUT2D eigenvalue weighted by Gasteiger charge is -2.29. The summed E-state index contributed by atoms with van der Waals surface area (Å²) in [6.07, 6.45) is 5.50. The third-order valence-corrected chi connectivity index (χ3v) is 6.18. The fourth-order valence-corrected chi connectivity index (χ4v) is 4.17. The zero-order valence-electron chi connectivity index (χ0n) is 11.7. The molecule has 0 saturated carbocycles. The van der Waals surface area contributed by atoms with Gasteiger partial charge in [-0.05, 0) is 43.7 Å². The molecule has 0 radical (unpaired) electrons. The zero-order valence-corrected chi connectivity index (χ0v) is 13.3. The van der Waals surface area contributed by atoms with Crippen molar-refractivity contribution in [1.82, 2.24) is 5.32 Å². The van der Waals surface area contributed by atoms with Crippen LogP contribution in [0.15, 0.2) is 6.07 Å². The minimum atomic E-state index is 0.0389. The maximum absolute atomic E-state index is 12.2. The first-order valence-electron chi connectivity index (χ1n) is 7.10. The van der Waals surface area contributed by atoms with Crippen LogP contribution in [0.3, 0.4) is 0 Å². The number of rotatable bonds is 6. The second-order valence-electron chi connectivity index (χ2n) is 5.44. The molecule has 106 valence electrons. The number of carbonyl (C=O) groups is 1. The van der Waals surface area contributed by atoms with Crippen molar-refractivity contribution < 1.29 is 4.79 Å². The second-order valence-corrected chi connectivity index (χ2v) is 6.84. The van der Waals surface area contributed by atoms with Crippen LogP contribution in [-0.2, 0) is 12.8 Å². The van der Waals surface area contributed by atoms with E-state index in [4.69, 9.17) is 11.6 Å². The van der Waals surface area contributed by atoms with Gasteiger partial charge in [0.1, 0.15) is 0 Å². The summed E-state index contributed by atoms with van der Waals surface area (Å²) in [4.78, 5) is 14.5. The Balaban J connectivity index is 1.97. The van der Waals surface area contributed by atoms with Crippen molar-refractivity contribution in [2.24, 2.45) is 5.41 Å². The molecule has 0 unspecified atom stereocenters. The second kappa shape index (κ2) is 6.27.